The van der Waals surface area contributed by atoms with E-state index in [0.29, 0.717) is 12.1 Å². The number of hydrogen-bond donors (Lipinski definition) is 1. The Balaban J connectivity index is 2.02. The predicted octanol–water partition coefficient (Wildman–Crippen LogP) is 1.97. The highest BCUT2D eigenvalue weighted by Crippen LogP contribution is 2.20. The smallest absolute Gasteiger partial charge is 0.257 e. The van der Waals surface area contributed by atoms with Gasteiger partial charge in [-0.05, 0) is 40.5 Å². The highest BCUT2D eigenvalue weighted by molar-refractivity contribution is 5.96. The first-order valence-electron chi connectivity index (χ1n) is 7.44. The van der Waals surface area contributed by atoms with E-state index in [1.54, 1.807) is 0 Å². The van der Waals surface area contributed by atoms with Crippen molar-refractivity contribution in [2.24, 2.45) is 0 Å². The Morgan fingerprint density at radius 2 is 1.95 bits per heavy atom. The second-order valence-electron chi connectivity index (χ2n) is 6.09. The molecule has 112 valence electrons. The van der Waals surface area contributed by atoms with E-state index in [0.717, 1.165) is 42.9 Å². The average Bonchev–Trinajstić information content (AvgIpc) is 2.76. The summed E-state index contributed by atoms with van der Waals surface area (Å²) in [6, 6.07) is 0.932. The van der Waals surface area contributed by atoms with Crippen LogP contribution in [0.15, 0.2) is 0 Å². The molecule has 2 heterocycles. The number of likely N-dealkylation sites (tertiary alicyclic amines) is 1. The molecule has 20 heavy (non-hydrogen) atoms. The van der Waals surface area contributed by atoms with E-state index >= 15 is 0 Å². The van der Waals surface area contributed by atoms with Crippen molar-refractivity contribution in [1.82, 2.24) is 20.0 Å². The maximum atomic E-state index is 12.6. The molecule has 0 unspecified atom stereocenters. The molecule has 1 aliphatic heterocycles. The van der Waals surface area contributed by atoms with E-state index in [2.05, 4.69) is 28.9 Å². The molecule has 1 aromatic rings. The molecule has 0 atom stereocenters. The Hall–Kier alpha value is -1.36. The van der Waals surface area contributed by atoms with Crippen molar-refractivity contribution < 1.29 is 4.79 Å². The SMILES string of the molecule is Cc1n[nH]c(C)c1C(=O)N(C)C1CCN(C(C)C)CC1. The van der Waals surface area contributed by atoms with Gasteiger partial charge in [0.15, 0.2) is 0 Å². The minimum atomic E-state index is 0.0942. The summed E-state index contributed by atoms with van der Waals surface area (Å²) >= 11 is 0. The molecule has 1 amide bonds. The van der Waals surface area contributed by atoms with Gasteiger partial charge in [-0.3, -0.25) is 9.89 Å². The molecule has 0 spiro atoms. The summed E-state index contributed by atoms with van der Waals surface area (Å²) in [7, 11) is 1.92. The predicted molar refractivity (Wildman–Crippen MR) is 79.9 cm³/mol. The van der Waals surface area contributed by atoms with E-state index in [-0.39, 0.29) is 5.91 Å². The largest absolute Gasteiger partial charge is 0.339 e. The van der Waals surface area contributed by atoms with Gasteiger partial charge in [-0.2, -0.15) is 5.10 Å². The number of nitrogens with one attached hydrogen (secondary N) is 1. The molecule has 0 saturated carbocycles. The van der Waals surface area contributed by atoms with Gasteiger partial charge in [0.2, 0.25) is 0 Å². The molecule has 5 nitrogen and oxygen atoms in total. The van der Waals surface area contributed by atoms with Crippen LogP contribution in [-0.2, 0) is 0 Å². The number of carbonyl (C=O) groups excluding carboxylic acids is 1. The van der Waals surface area contributed by atoms with Crippen LogP contribution in [0.2, 0.25) is 0 Å². The summed E-state index contributed by atoms with van der Waals surface area (Å²) in [5.74, 6) is 0.0942. The summed E-state index contributed by atoms with van der Waals surface area (Å²) in [5, 5.41) is 7.01. The number of aryl methyl sites for hydroxylation is 2. The van der Waals surface area contributed by atoms with Crippen molar-refractivity contribution >= 4 is 5.91 Å². The quantitative estimate of drug-likeness (QED) is 0.919. The fraction of sp³-hybridized carbons (Fsp3) is 0.733. The van der Waals surface area contributed by atoms with Crippen LogP contribution >= 0.6 is 0 Å². The number of amides is 1. The van der Waals surface area contributed by atoms with Crippen LogP contribution in [0.4, 0.5) is 0 Å². The van der Waals surface area contributed by atoms with E-state index in [1.165, 1.54) is 0 Å². The third kappa shape index (κ3) is 2.87. The van der Waals surface area contributed by atoms with E-state index in [4.69, 9.17) is 0 Å². The van der Waals surface area contributed by atoms with Gasteiger partial charge in [0.1, 0.15) is 0 Å². The third-order valence-corrected chi connectivity index (χ3v) is 4.44. The van der Waals surface area contributed by atoms with E-state index in [9.17, 15) is 4.79 Å². The Kier molecular flexibility index (Phi) is 4.48. The van der Waals surface area contributed by atoms with Gasteiger partial charge < -0.3 is 9.80 Å². The first-order chi connectivity index (χ1) is 9.41. The van der Waals surface area contributed by atoms with Gasteiger partial charge in [-0.1, -0.05) is 0 Å². The lowest BCUT2D eigenvalue weighted by atomic mass is 10.0. The van der Waals surface area contributed by atoms with Crippen molar-refractivity contribution in [1.29, 1.82) is 0 Å². The van der Waals surface area contributed by atoms with E-state index in [1.807, 2.05) is 25.8 Å². The lowest BCUT2D eigenvalue weighted by Gasteiger charge is -2.38. The maximum absolute atomic E-state index is 12.6. The van der Waals surface area contributed by atoms with Gasteiger partial charge in [0.05, 0.1) is 11.3 Å². The Labute approximate surface area is 121 Å². The second kappa shape index (κ2) is 5.95. The molecule has 0 bridgehead atoms. The van der Waals surface area contributed by atoms with Gasteiger partial charge in [0, 0.05) is 37.9 Å². The monoisotopic (exact) mass is 278 g/mol. The first kappa shape index (κ1) is 15.0. The average molecular weight is 278 g/mol. The van der Waals surface area contributed by atoms with Crippen LogP contribution in [0.1, 0.15) is 48.4 Å². The molecule has 1 aliphatic rings. The number of piperidine rings is 1. The zero-order valence-corrected chi connectivity index (χ0v) is 13.2. The molecule has 1 fully saturated rings. The second-order valence-corrected chi connectivity index (χ2v) is 6.09. The van der Waals surface area contributed by atoms with E-state index < -0.39 is 0 Å². The Morgan fingerprint density at radius 3 is 2.40 bits per heavy atom. The number of aromatic nitrogens is 2. The van der Waals surface area contributed by atoms with Crippen molar-refractivity contribution in [3.8, 4) is 0 Å². The number of rotatable bonds is 3. The zero-order valence-electron chi connectivity index (χ0n) is 13.2. The molecule has 2 rings (SSSR count). The third-order valence-electron chi connectivity index (χ3n) is 4.44. The molecule has 5 heteroatoms. The molecular formula is C15H26N4O. The molecule has 0 aliphatic carbocycles. The normalized spacial score (nSPS) is 17.7. The van der Waals surface area contributed by atoms with Gasteiger partial charge in [-0.25, -0.2) is 0 Å². The number of hydrogen-bond acceptors (Lipinski definition) is 3. The lowest BCUT2D eigenvalue weighted by Crippen LogP contribution is -2.47. The van der Waals surface area contributed by atoms with Crippen molar-refractivity contribution in [2.75, 3.05) is 20.1 Å². The summed E-state index contributed by atoms with van der Waals surface area (Å²) in [4.78, 5) is 17.0. The fourth-order valence-corrected chi connectivity index (χ4v) is 3.00. The van der Waals surface area contributed by atoms with Crippen LogP contribution in [0.3, 0.4) is 0 Å². The van der Waals surface area contributed by atoms with Gasteiger partial charge in [-0.15, -0.1) is 0 Å². The molecule has 1 saturated heterocycles. The van der Waals surface area contributed by atoms with Crippen molar-refractivity contribution in [3.05, 3.63) is 17.0 Å². The molecule has 0 aromatic carbocycles. The zero-order chi connectivity index (χ0) is 14.9. The Morgan fingerprint density at radius 1 is 1.35 bits per heavy atom. The summed E-state index contributed by atoms with van der Waals surface area (Å²) in [6.07, 6.45) is 2.10. The number of aromatic amines is 1. The minimum Gasteiger partial charge on any atom is -0.339 e. The van der Waals surface area contributed by atoms with Crippen LogP contribution in [-0.4, -0.2) is 58.1 Å². The number of nitrogens with zero attached hydrogens (tertiary/aromatic N) is 3. The maximum Gasteiger partial charge on any atom is 0.257 e. The summed E-state index contributed by atoms with van der Waals surface area (Å²) < 4.78 is 0. The van der Waals surface area contributed by atoms with Crippen LogP contribution < -0.4 is 0 Å². The highest BCUT2D eigenvalue weighted by atomic mass is 16.2. The van der Waals surface area contributed by atoms with Crippen LogP contribution in [0.5, 0.6) is 0 Å². The van der Waals surface area contributed by atoms with Crippen LogP contribution in [0.25, 0.3) is 0 Å². The molecule has 0 radical (unpaired) electrons. The number of H-pyrrole nitrogens is 1. The summed E-state index contributed by atoms with van der Waals surface area (Å²) in [5.41, 5.74) is 2.39. The fourth-order valence-electron chi connectivity index (χ4n) is 3.00. The molecule has 1 aromatic heterocycles. The first-order valence-corrected chi connectivity index (χ1v) is 7.44. The molecule has 1 N–H and O–H groups in total. The Bertz CT molecular complexity index is 453. The van der Waals surface area contributed by atoms with Gasteiger partial charge >= 0.3 is 0 Å². The minimum absolute atomic E-state index is 0.0942. The van der Waals surface area contributed by atoms with Gasteiger partial charge in [0.25, 0.3) is 5.91 Å². The topological polar surface area (TPSA) is 52.2 Å². The van der Waals surface area contributed by atoms with Crippen molar-refractivity contribution in [2.45, 2.75) is 52.6 Å². The number of carbonyl (C=O) groups is 1. The highest BCUT2D eigenvalue weighted by Gasteiger charge is 2.28. The van der Waals surface area contributed by atoms with Crippen molar-refractivity contribution in [3.63, 3.8) is 0 Å². The molecular weight excluding hydrogens is 252 g/mol. The lowest BCUT2D eigenvalue weighted by molar-refractivity contribution is 0.0614. The summed E-state index contributed by atoms with van der Waals surface area (Å²) in [6.45, 7) is 10.4. The van der Waals surface area contributed by atoms with Crippen LogP contribution in [0, 0.1) is 13.8 Å². The standard InChI is InChI=1S/C15H26N4O/c1-10(2)19-8-6-13(7-9-19)18(5)15(20)14-11(3)16-17-12(14)4/h10,13H,6-9H2,1-5H3,(H,16,17).